The van der Waals surface area contributed by atoms with Crippen LogP contribution in [-0.2, 0) is 6.42 Å². The van der Waals surface area contributed by atoms with Crippen LogP contribution >= 0.6 is 0 Å². The van der Waals surface area contributed by atoms with E-state index in [-0.39, 0.29) is 0 Å². The molecule has 0 bridgehead atoms. The molecule has 0 saturated carbocycles. The molecule has 122 valence electrons. The van der Waals surface area contributed by atoms with Gasteiger partial charge in [-0.1, -0.05) is 80.9 Å². The third-order valence-corrected chi connectivity index (χ3v) is 4.65. The molecule has 0 amide bonds. The maximum absolute atomic E-state index is 9.39. The summed E-state index contributed by atoms with van der Waals surface area (Å²) >= 11 is 0. The molecule has 3 rings (SSSR count). The first-order valence-corrected chi connectivity index (χ1v) is 8.64. The molecule has 1 N–H and O–H groups in total. The van der Waals surface area contributed by atoms with Gasteiger partial charge in [0.05, 0.1) is 0 Å². The van der Waals surface area contributed by atoms with Gasteiger partial charge in [0.2, 0.25) is 0 Å². The van der Waals surface area contributed by atoms with Gasteiger partial charge in [-0.05, 0) is 52.3 Å². The fourth-order valence-corrected chi connectivity index (χ4v) is 2.89. The van der Waals surface area contributed by atoms with E-state index in [0.29, 0.717) is 5.75 Å². The zero-order valence-corrected chi connectivity index (χ0v) is 14.4. The van der Waals surface area contributed by atoms with Crippen molar-refractivity contribution in [2.75, 3.05) is 0 Å². The van der Waals surface area contributed by atoms with E-state index < -0.39 is 0 Å². The summed E-state index contributed by atoms with van der Waals surface area (Å²) in [5.41, 5.74) is 6.16. The van der Waals surface area contributed by atoms with Crippen LogP contribution < -0.4 is 0 Å². The number of hydrogen-bond donors (Lipinski definition) is 1. The lowest BCUT2D eigenvalue weighted by Crippen LogP contribution is -1.97. The Balaban J connectivity index is 1.76. The minimum atomic E-state index is 0.299. The van der Waals surface area contributed by atoms with Crippen LogP contribution in [0.15, 0.2) is 72.8 Å². The van der Waals surface area contributed by atoms with E-state index in [4.69, 9.17) is 0 Å². The summed E-state index contributed by atoms with van der Waals surface area (Å²) in [6.45, 7) is 4.55. The van der Waals surface area contributed by atoms with E-state index in [1.807, 2.05) is 12.1 Å². The molecular formula is C23H24O. The number of phenols is 1. The van der Waals surface area contributed by atoms with Gasteiger partial charge in [0.25, 0.3) is 0 Å². The Hall–Kier alpha value is -2.54. The number of benzene rings is 3. The molecule has 0 saturated heterocycles. The predicted octanol–water partition coefficient (Wildman–Crippen LogP) is 6.31. The summed E-state index contributed by atoms with van der Waals surface area (Å²) in [5, 5.41) is 9.39. The first kappa shape index (κ1) is 16.3. The zero-order valence-electron chi connectivity index (χ0n) is 14.4. The predicted molar refractivity (Wildman–Crippen MR) is 102 cm³/mol. The summed E-state index contributed by atoms with van der Waals surface area (Å²) in [6.07, 6.45) is 2.37. The van der Waals surface area contributed by atoms with Crippen molar-refractivity contribution >= 4 is 0 Å². The Labute approximate surface area is 144 Å². The second-order valence-corrected chi connectivity index (χ2v) is 6.54. The molecular weight excluding hydrogens is 292 g/mol. The highest BCUT2D eigenvalue weighted by Crippen LogP contribution is 2.26. The molecule has 0 aliphatic heterocycles. The Morgan fingerprint density at radius 1 is 0.667 bits per heavy atom. The first-order chi connectivity index (χ1) is 11.7. The number of rotatable bonds is 5. The van der Waals surface area contributed by atoms with Crippen LogP contribution in [0.5, 0.6) is 5.75 Å². The van der Waals surface area contributed by atoms with Crippen LogP contribution in [0.1, 0.15) is 25.8 Å². The molecule has 3 aromatic rings. The Kier molecular flexibility index (Phi) is 5.00. The van der Waals surface area contributed by atoms with Crippen molar-refractivity contribution in [3.8, 4) is 28.0 Å². The molecule has 24 heavy (non-hydrogen) atoms. The van der Waals surface area contributed by atoms with Gasteiger partial charge in [-0.15, -0.1) is 0 Å². The van der Waals surface area contributed by atoms with Gasteiger partial charge in [0, 0.05) is 0 Å². The number of aromatic hydroxyl groups is 1. The van der Waals surface area contributed by atoms with Gasteiger partial charge < -0.3 is 5.11 Å². The van der Waals surface area contributed by atoms with Crippen molar-refractivity contribution in [2.45, 2.75) is 26.7 Å². The molecule has 1 nitrogen and oxygen atoms in total. The maximum atomic E-state index is 9.39. The van der Waals surface area contributed by atoms with E-state index >= 15 is 0 Å². The van der Waals surface area contributed by atoms with Crippen LogP contribution in [0.25, 0.3) is 22.3 Å². The van der Waals surface area contributed by atoms with E-state index in [9.17, 15) is 5.11 Å². The first-order valence-electron chi connectivity index (χ1n) is 8.64. The summed E-state index contributed by atoms with van der Waals surface area (Å²) in [5.74, 6) is 1.04. The second-order valence-electron chi connectivity index (χ2n) is 6.54. The Bertz CT molecular complexity index is 768. The number of hydrogen-bond acceptors (Lipinski definition) is 1. The average molecular weight is 316 g/mol. The zero-order chi connectivity index (χ0) is 16.9. The molecule has 0 unspecified atom stereocenters. The number of phenolic OH excluding ortho intramolecular Hbond substituents is 1. The summed E-state index contributed by atoms with van der Waals surface area (Å²) in [6, 6.07) is 24.8. The topological polar surface area (TPSA) is 20.2 Å². The van der Waals surface area contributed by atoms with Crippen LogP contribution in [0.4, 0.5) is 0 Å². The third-order valence-electron chi connectivity index (χ3n) is 4.65. The van der Waals surface area contributed by atoms with Crippen molar-refractivity contribution in [2.24, 2.45) is 5.92 Å². The second kappa shape index (κ2) is 7.35. The Morgan fingerprint density at radius 2 is 1.04 bits per heavy atom. The monoisotopic (exact) mass is 316 g/mol. The fraction of sp³-hybridized carbons (Fsp3) is 0.217. The normalized spacial score (nSPS) is 12.1. The molecule has 0 spiro atoms. The van der Waals surface area contributed by atoms with Crippen LogP contribution in [0.2, 0.25) is 0 Å². The van der Waals surface area contributed by atoms with Gasteiger partial charge in [-0.3, -0.25) is 0 Å². The minimum Gasteiger partial charge on any atom is -0.508 e. The van der Waals surface area contributed by atoms with Gasteiger partial charge in [-0.25, -0.2) is 0 Å². The van der Waals surface area contributed by atoms with Crippen LogP contribution in [0.3, 0.4) is 0 Å². The SMILES string of the molecule is CC[C@H](C)Cc1ccc(-c2ccc(-c3ccc(O)cc3)cc2)cc1. The van der Waals surface area contributed by atoms with Gasteiger partial charge in [-0.2, -0.15) is 0 Å². The molecule has 1 heteroatoms. The van der Waals surface area contributed by atoms with Gasteiger partial charge in [0.1, 0.15) is 5.75 Å². The molecule has 0 heterocycles. The van der Waals surface area contributed by atoms with Crippen molar-refractivity contribution in [3.05, 3.63) is 78.4 Å². The van der Waals surface area contributed by atoms with Gasteiger partial charge >= 0.3 is 0 Å². The largest absolute Gasteiger partial charge is 0.508 e. The fourth-order valence-electron chi connectivity index (χ4n) is 2.89. The molecule has 0 fully saturated rings. The Morgan fingerprint density at radius 3 is 1.46 bits per heavy atom. The van der Waals surface area contributed by atoms with E-state index in [1.165, 1.54) is 23.1 Å². The van der Waals surface area contributed by atoms with E-state index in [1.54, 1.807) is 12.1 Å². The van der Waals surface area contributed by atoms with Crippen LogP contribution in [0, 0.1) is 5.92 Å². The lowest BCUT2D eigenvalue weighted by atomic mass is 9.96. The molecule has 1 atom stereocenters. The summed E-state index contributed by atoms with van der Waals surface area (Å²) in [4.78, 5) is 0. The highest BCUT2D eigenvalue weighted by atomic mass is 16.3. The smallest absolute Gasteiger partial charge is 0.115 e. The van der Waals surface area contributed by atoms with Crippen molar-refractivity contribution in [1.82, 2.24) is 0 Å². The van der Waals surface area contributed by atoms with E-state index in [0.717, 1.165) is 23.5 Å². The molecule has 0 radical (unpaired) electrons. The summed E-state index contributed by atoms with van der Waals surface area (Å²) < 4.78 is 0. The van der Waals surface area contributed by atoms with Crippen molar-refractivity contribution in [3.63, 3.8) is 0 Å². The molecule has 0 aliphatic rings. The standard InChI is InChI=1S/C23H24O/c1-3-17(2)16-18-4-6-19(7-5-18)20-8-10-21(11-9-20)22-12-14-23(24)15-13-22/h4-15,17,24H,3,16H2,1-2H3/t17-/m0/s1. The average Bonchev–Trinajstić information content (AvgIpc) is 2.63. The van der Waals surface area contributed by atoms with Gasteiger partial charge in [0.15, 0.2) is 0 Å². The van der Waals surface area contributed by atoms with Crippen molar-refractivity contribution in [1.29, 1.82) is 0 Å². The van der Waals surface area contributed by atoms with E-state index in [2.05, 4.69) is 62.4 Å². The lowest BCUT2D eigenvalue weighted by Gasteiger charge is -2.09. The highest BCUT2D eigenvalue weighted by molar-refractivity contribution is 5.70. The molecule has 0 aliphatic carbocycles. The summed E-state index contributed by atoms with van der Waals surface area (Å²) in [7, 11) is 0. The third kappa shape index (κ3) is 3.86. The van der Waals surface area contributed by atoms with Crippen molar-refractivity contribution < 1.29 is 5.11 Å². The quantitative estimate of drug-likeness (QED) is 0.584. The van der Waals surface area contributed by atoms with Crippen LogP contribution in [-0.4, -0.2) is 5.11 Å². The molecule has 3 aromatic carbocycles. The maximum Gasteiger partial charge on any atom is 0.115 e. The lowest BCUT2D eigenvalue weighted by molar-refractivity contribution is 0.475. The highest BCUT2D eigenvalue weighted by Gasteiger charge is 2.03. The minimum absolute atomic E-state index is 0.299. The molecule has 0 aromatic heterocycles.